The van der Waals surface area contributed by atoms with E-state index in [9.17, 15) is 14.4 Å². The van der Waals surface area contributed by atoms with Crippen LogP contribution in [0.4, 0.5) is 0 Å². The van der Waals surface area contributed by atoms with Gasteiger partial charge in [-0.1, -0.05) is 6.92 Å². The highest BCUT2D eigenvalue weighted by atomic mass is 16.2. The van der Waals surface area contributed by atoms with E-state index < -0.39 is 24.0 Å². The van der Waals surface area contributed by atoms with E-state index >= 15 is 0 Å². The molecule has 7 nitrogen and oxygen atoms in total. The monoisotopic (exact) mass is 296 g/mol. The Morgan fingerprint density at radius 3 is 2.67 bits per heavy atom. The van der Waals surface area contributed by atoms with Crippen LogP contribution in [0.1, 0.15) is 45.4 Å². The number of nitrogens with zero attached hydrogens (tertiary/aromatic N) is 1. The van der Waals surface area contributed by atoms with E-state index in [1.54, 1.807) is 4.90 Å². The molecule has 2 rings (SSSR count). The molecule has 0 bridgehead atoms. The van der Waals surface area contributed by atoms with Gasteiger partial charge in [0.25, 0.3) is 0 Å². The van der Waals surface area contributed by atoms with Crippen molar-refractivity contribution in [2.45, 2.75) is 69.6 Å². The Balaban J connectivity index is 2.12. The number of hydrogen-bond donors (Lipinski definition) is 3. The number of carbonyl (C=O) groups excluding carboxylic acids is 3. The Morgan fingerprint density at radius 2 is 2.05 bits per heavy atom. The molecule has 0 saturated carbocycles. The smallest absolute Gasteiger partial charge is 0.246 e. The summed E-state index contributed by atoms with van der Waals surface area (Å²) in [6, 6.07) is -1.68. The van der Waals surface area contributed by atoms with Gasteiger partial charge in [0.05, 0.1) is 6.04 Å². The van der Waals surface area contributed by atoms with Gasteiger partial charge in [0.1, 0.15) is 12.1 Å². The number of nitrogens with two attached hydrogens (primary N) is 2. The first kappa shape index (κ1) is 15.8. The van der Waals surface area contributed by atoms with Crippen LogP contribution in [0.15, 0.2) is 0 Å². The van der Waals surface area contributed by atoms with E-state index in [2.05, 4.69) is 5.32 Å². The van der Waals surface area contributed by atoms with Gasteiger partial charge in [-0.15, -0.1) is 0 Å². The minimum Gasteiger partial charge on any atom is -0.368 e. The van der Waals surface area contributed by atoms with Crippen LogP contribution in [-0.2, 0) is 14.4 Å². The second-order valence-electron chi connectivity index (χ2n) is 5.90. The molecular weight excluding hydrogens is 272 g/mol. The predicted molar refractivity (Wildman–Crippen MR) is 76.9 cm³/mol. The first-order chi connectivity index (χ1) is 9.95. The number of carbonyl (C=O) groups is 3. The summed E-state index contributed by atoms with van der Waals surface area (Å²) in [5.41, 5.74) is 11.1. The summed E-state index contributed by atoms with van der Waals surface area (Å²) in [4.78, 5) is 37.7. The molecule has 21 heavy (non-hydrogen) atoms. The average molecular weight is 296 g/mol. The molecule has 2 heterocycles. The molecule has 0 aromatic rings. The molecule has 7 heteroatoms. The molecule has 4 atom stereocenters. The summed E-state index contributed by atoms with van der Waals surface area (Å²) in [6.45, 7) is 1.82. The second-order valence-corrected chi connectivity index (χ2v) is 5.90. The minimum atomic E-state index is -0.609. The van der Waals surface area contributed by atoms with Gasteiger partial charge in [0, 0.05) is 6.04 Å². The highest BCUT2D eigenvalue weighted by Gasteiger charge is 2.44. The number of primary amides is 1. The Kier molecular flexibility index (Phi) is 4.82. The third-order valence-corrected chi connectivity index (χ3v) is 4.51. The lowest BCUT2D eigenvalue weighted by Crippen LogP contribution is -2.55. The molecule has 0 radical (unpaired) electrons. The lowest BCUT2D eigenvalue weighted by atomic mass is 10.1. The lowest BCUT2D eigenvalue weighted by Gasteiger charge is -2.29. The molecule has 3 amide bonds. The Labute approximate surface area is 124 Å². The molecule has 0 aliphatic carbocycles. The number of fused-ring (bicyclic) bond motifs is 1. The molecule has 0 aromatic carbocycles. The van der Waals surface area contributed by atoms with Gasteiger partial charge in [-0.25, -0.2) is 0 Å². The topological polar surface area (TPSA) is 119 Å². The van der Waals surface area contributed by atoms with Crippen LogP contribution in [0.2, 0.25) is 0 Å². The largest absolute Gasteiger partial charge is 0.368 e. The van der Waals surface area contributed by atoms with Crippen LogP contribution < -0.4 is 16.8 Å². The fraction of sp³-hybridized carbons (Fsp3) is 0.786. The van der Waals surface area contributed by atoms with Crippen molar-refractivity contribution in [3.8, 4) is 0 Å². The van der Waals surface area contributed by atoms with Crippen molar-refractivity contribution >= 4 is 17.7 Å². The first-order valence-electron chi connectivity index (χ1n) is 7.63. The summed E-state index contributed by atoms with van der Waals surface area (Å²) in [5, 5.41) is 2.72. The van der Waals surface area contributed by atoms with Crippen molar-refractivity contribution in [2.75, 3.05) is 0 Å². The first-order valence-corrected chi connectivity index (χ1v) is 7.63. The second kappa shape index (κ2) is 6.43. The number of rotatable bonds is 4. The van der Waals surface area contributed by atoms with Crippen LogP contribution in [0.25, 0.3) is 0 Å². The van der Waals surface area contributed by atoms with E-state index in [1.807, 2.05) is 6.92 Å². The highest BCUT2D eigenvalue weighted by molar-refractivity contribution is 5.93. The molecule has 0 spiro atoms. The zero-order chi connectivity index (χ0) is 15.6. The van der Waals surface area contributed by atoms with Crippen molar-refractivity contribution < 1.29 is 14.4 Å². The Bertz CT molecular complexity index is 440. The van der Waals surface area contributed by atoms with Crippen LogP contribution >= 0.6 is 0 Å². The molecule has 118 valence electrons. The van der Waals surface area contributed by atoms with Gasteiger partial charge in [0.2, 0.25) is 17.7 Å². The third kappa shape index (κ3) is 3.18. The van der Waals surface area contributed by atoms with Crippen molar-refractivity contribution in [3.63, 3.8) is 0 Å². The van der Waals surface area contributed by atoms with E-state index in [1.165, 1.54) is 0 Å². The van der Waals surface area contributed by atoms with E-state index in [0.29, 0.717) is 19.3 Å². The van der Waals surface area contributed by atoms with Crippen LogP contribution in [0.5, 0.6) is 0 Å². The molecule has 2 saturated heterocycles. The highest BCUT2D eigenvalue weighted by Crippen LogP contribution is 2.31. The maximum absolute atomic E-state index is 12.7. The quantitative estimate of drug-likeness (QED) is 0.631. The van der Waals surface area contributed by atoms with Crippen molar-refractivity contribution in [1.82, 2.24) is 10.2 Å². The van der Waals surface area contributed by atoms with Gasteiger partial charge < -0.3 is 21.7 Å². The van der Waals surface area contributed by atoms with Gasteiger partial charge in [-0.3, -0.25) is 14.4 Å². The molecule has 2 aliphatic heterocycles. The van der Waals surface area contributed by atoms with Crippen LogP contribution in [0.3, 0.4) is 0 Å². The van der Waals surface area contributed by atoms with Crippen LogP contribution in [0, 0.1) is 0 Å². The third-order valence-electron chi connectivity index (χ3n) is 4.51. The van der Waals surface area contributed by atoms with E-state index in [0.717, 1.165) is 19.3 Å². The molecular formula is C14H24N4O3. The molecule has 5 N–H and O–H groups in total. The summed E-state index contributed by atoms with van der Waals surface area (Å²) < 4.78 is 0. The number of nitrogens with one attached hydrogen (secondary N) is 1. The van der Waals surface area contributed by atoms with E-state index in [-0.39, 0.29) is 17.9 Å². The van der Waals surface area contributed by atoms with Crippen molar-refractivity contribution in [3.05, 3.63) is 0 Å². The standard InChI is InChI=1S/C14H24N4O3/c1-2-9(15)13(20)17-10-5-3-4-8-6-7-11(12(16)19)18(8)14(10)21/h8-11H,2-7,15H2,1H3,(H2,16,19)(H,17,20)/t8-,9-,10?,11-/m0/s1. The summed E-state index contributed by atoms with van der Waals surface area (Å²) in [6.07, 6.45) is 4.20. The maximum Gasteiger partial charge on any atom is 0.246 e. The van der Waals surface area contributed by atoms with Crippen LogP contribution in [-0.4, -0.2) is 46.8 Å². The van der Waals surface area contributed by atoms with Gasteiger partial charge in [-0.05, 0) is 38.5 Å². The number of hydrogen-bond acceptors (Lipinski definition) is 4. The average Bonchev–Trinajstić information content (AvgIpc) is 2.82. The fourth-order valence-electron chi connectivity index (χ4n) is 3.24. The zero-order valence-corrected chi connectivity index (χ0v) is 12.4. The minimum absolute atomic E-state index is 0.0664. The van der Waals surface area contributed by atoms with Gasteiger partial charge in [0.15, 0.2) is 0 Å². The summed E-state index contributed by atoms with van der Waals surface area (Å²) >= 11 is 0. The molecule has 1 unspecified atom stereocenters. The molecule has 2 fully saturated rings. The Morgan fingerprint density at radius 1 is 1.33 bits per heavy atom. The number of amides is 3. The van der Waals surface area contributed by atoms with Crippen molar-refractivity contribution in [2.24, 2.45) is 11.5 Å². The molecule has 0 aromatic heterocycles. The van der Waals surface area contributed by atoms with Gasteiger partial charge >= 0.3 is 0 Å². The van der Waals surface area contributed by atoms with Gasteiger partial charge in [-0.2, -0.15) is 0 Å². The van der Waals surface area contributed by atoms with Crippen molar-refractivity contribution in [1.29, 1.82) is 0 Å². The maximum atomic E-state index is 12.7. The predicted octanol–water partition coefficient (Wildman–Crippen LogP) is -0.763. The Hall–Kier alpha value is -1.63. The van der Waals surface area contributed by atoms with E-state index in [4.69, 9.17) is 11.5 Å². The SMILES string of the molecule is CC[C@H](N)C(=O)NC1CCC[C@H]2CC[C@@H](C(N)=O)N2C1=O. The molecule has 2 aliphatic rings. The normalized spacial score (nSPS) is 30.5. The summed E-state index contributed by atoms with van der Waals surface area (Å²) in [7, 11) is 0. The summed E-state index contributed by atoms with van der Waals surface area (Å²) in [5.74, 6) is -0.984. The zero-order valence-electron chi connectivity index (χ0n) is 12.4. The fourth-order valence-corrected chi connectivity index (χ4v) is 3.24. The lowest BCUT2D eigenvalue weighted by molar-refractivity contribution is -0.142.